The number of benzene rings is 2. The van der Waals surface area contributed by atoms with Crippen molar-refractivity contribution in [2.75, 3.05) is 33.1 Å². The van der Waals surface area contributed by atoms with Crippen molar-refractivity contribution in [2.45, 2.75) is 13.0 Å². The van der Waals surface area contributed by atoms with Crippen molar-refractivity contribution in [1.29, 1.82) is 0 Å². The van der Waals surface area contributed by atoms with Gasteiger partial charge < -0.3 is 19.7 Å². The predicted molar refractivity (Wildman–Crippen MR) is 94.0 cm³/mol. The molecule has 0 aliphatic carbocycles. The molecule has 0 radical (unpaired) electrons. The van der Waals surface area contributed by atoms with Gasteiger partial charge in [0.25, 0.3) is 5.91 Å². The van der Waals surface area contributed by atoms with Crippen molar-refractivity contribution in [1.82, 2.24) is 4.90 Å². The van der Waals surface area contributed by atoms with Crippen LogP contribution in [-0.2, 0) is 13.0 Å². The second kappa shape index (κ2) is 6.93. The quantitative estimate of drug-likeness (QED) is 0.938. The molecular formula is C19H22N2O3. The number of anilines is 1. The third kappa shape index (κ3) is 3.36. The van der Waals surface area contributed by atoms with Crippen molar-refractivity contribution in [3.05, 3.63) is 53.1 Å². The summed E-state index contributed by atoms with van der Waals surface area (Å²) in [6, 6.07) is 11.2. The van der Waals surface area contributed by atoms with Gasteiger partial charge in [0, 0.05) is 30.4 Å². The molecule has 24 heavy (non-hydrogen) atoms. The summed E-state index contributed by atoms with van der Waals surface area (Å²) in [5.41, 5.74) is 3.88. The lowest BCUT2D eigenvalue weighted by Crippen LogP contribution is -2.27. The average Bonchev–Trinajstić information content (AvgIpc) is 2.61. The number of methoxy groups -OCH3 is 2. The van der Waals surface area contributed by atoms with E-state index < -0.39 is 0 Å². The van der Waals surface area contributed by atoms with Gasteiger partial charge >= 0.3 is 0 Å². The Balaban J connectivity index is 1.87. The van der Waals surface area contributed by atoms with Gasteiger partial charge in [0.15, 0.2) is 0 Å². The van der Waals surface area contributed by atoms with Crippen LogP contribution in [0.2, 0.25) is 0 Å². The minimum Gasteiger partial charge on any atom is -0.497 e. The topological polar surface area (TPSA) is 50.8 Å². The fourth-order valence-corrected chi connectivity index (χ4v) is 3.00. The first-order valence-corrected chi connectivity index (χ1v) is 7.94. The largest absolute Gasteiger partial charge is 0.497 e. The van der Waals surface area contributed by atoms with Gasteiger partial charge in [-0.25, -0.2) is 0 Å². The van der Waals surface area contributed by atoms with Gasteiger partial charge in [-0.2, -0.15) is 0 Å². The molecule has 0 fully saturated rings. The molecule has 1 amide bonds. The predicted octanol–water partition coefficient (Wildman–Crippen LogP) is 2.94. The zero-order chi connectivity index (χ0) is 17.1. The van der Waals surface area contributed by atoms with Crippen LogP contribution in [0.15, 0.2) is 36.4 Å². The Morgan fingerprint density at radius 3 is 2.50 bits per heavy atom. The molecule has 2 aromatic carbocycles. The number of hydrogen-bond acceptors (Lipinski definition) is 4. The number of nitrogens with one attached hydrogen (secondary N) is 1. The number of amides is 1. The molecule has 0 atom stereocenters. The van der Waals surface area contributed by atoms with E-state index in [2.05, 4.69) is 23.3 Å². The number of nitrogens with zero attached hydrogens (tertiary/aromatic N) is 1. The minimum absolute atomic E-state index is 0.167. The normalized spacial score (nSPS) is 14.0. The first kappa shape index (κ1) is 16.3. The molecule has 0 saturated heterocycles. The highest BCUT2D eigenvalue weighted by molar-refractivity contribution is 6.05. The van der Waals surface area contributed by atoms with E-state index in [0.29, 0.717) is 17.1 Å². The molecular weight excluding hydrogens is 304 g/mol. The van der Waals surface area contributed by atoms with Crippen molar-refractivity contribution in [3.8, 4) is 11.5 Å². The Kier molecular flexibility index (Phi) is 4.71. The molecule has 1 N–H and O–H groups in total. The van der Waals surface area contributed by atoms with Gasteiger partial charge in [0.05, 0.1) is 14.2 Å². The van der Waals surface area contributed by atoms with E-state index in [1.54, 1.807) is 32.4 Å². The molecule has 2 aromatic rings. The van der Waals surface area contributed by atoms with Gasteiger partial charge in [-0.05, 0) is 42.8 Å². The van der Waals surface area contributed by atoms with Gasteiger partial charge in [-0.15, -0.1) is 0 Å². The standard InChI is InChI=1S/C19H22N2O3/c1-21-8-7-17-13(12-21)5-4-6-18(17)20-19(22)14-9-15(23-2)11-16(10-14)24-3/h4-6,9-11H,7-8,12H2,1-3H3,(H,20,22). The number of carbonyl (C=O) groups excluding carboxylic acids is 1. The summed E-state index contributed by atoms with van der Waals surface area (Å²) in [5, 5.41) is 3.04. The molecule has 1 heterocycles. The zero-order valence-corrected chi connectivity index (χ0v) is 14.3. The van der Waals surface area contributed by atoms with Crippen molar-refractivity contribution in [2.24, 2.45) is 0 Å². The molecule has 0 spiro atoms. The van der Waals surface area contributed by atoms with E-state index in [1.165, 1.54) is 11.1 Å². The number of ether oxygens (including phenoxy) is 2. The summed E-state index contributed by atoms with van der Waals surface area (Å²) >= 11 is 0. The van der Waals surface area contributed by atoms with Gasteiger partial charge in [-0.1, -0.05) is 12.1 Å². The molecule has 5 heteroatoms. The Hall–Kier alpha value is -2.53. The summed E-state index contributed by atoms with van der Waals surface area (Å²) < 4.78 is 10.5. The van der Waals surface area contributed by atoms with Crippen molar-refractivity contribution < 1.29 is 14.3 Å². The van der Waals surface area contributed by atoms with Crippen LogP contribution in [0.3, 0.4) is 0 Å². The second-order valence-electron chi connectivity index (χ2n) is 5.99. The van der Waals surface area contributed by atoms with Crippen molar-refractivity contribution >= 4 is 11.6 Å². The summed E-state index contributed by atoms with van der Waals surface area (Å²) in [5.74, 6) is 1.02. The highest BCUT2D eigenvalue weighted by Gasteiger charge is 2.18. The zero-order valence-electron chi connectivity index (χ0n) is 14.3. The molecule has 3 rings (SSSR count). The molecule has 126 valence electrons. The van der Waals surface area contributed by atoms with E-state index in [4.69, 9.17) is 9.47 Å². The molecule has 1 aliphatic heterocycles. The van der Waals surface area contributed by atoms with Crippen LogP contribution in [0.4, 0.5) is 5.69 Å². The minimum atomic E-state index is -0.167. The number of likely N-dealkylation sites (N-methyl/N-ethyl adjacent to an activating group) is 1. The van der Waals surface area contributed by atoms with E-state index >= 15 is 0 Å². The van der Waals surface area contributed by atoms with Crippen LogP contribution in [-0.4, -0.2) is 38.6 Å². The summed E-state index contributed by atoms with van der Waals surface area (Å²) in [7, 11) is 5.25. The van der Waals surface area contributed by atoms with E-state index in [9.17, 15) is 4.79 Å². The molecule has 0 unspecified atom stereocenters. The Morgan fingerprint density at radius 1 is 1.12 bits per heavy atom. The Bertz CT molecular complexity index is 736. The van der Waals surface area contributed by atoms with Gasteiger partial charge in [-0.3, -0.25) is 4.79 Å². The van der Waals surface area contributed by atoms with Crippen molar-refractivity contribution in [3.63, 3.8) is 0 Å². The van der Waals surface area contributed by atoms with Gasteiger partial charge in [0.1, 0.15) is 11.5 Å². The highest BCUT2D eigenvalue weighted by Crippen LogP contribution is 2.27. The maximum absolute atomic E-state index is 12.7. The number of fused-ring (bicyclic) bond motifs is 1. The lowest BCUT2D eigenvalue weighted by Gasteiger charge is -2.26. The molecule has 0 bridgehead atoms. The smallest absolute Gasteiger partial charge is 0.255 e. The second-order valence-corrected chi connectivity index (χ2v) is 5.99. The highest BCUT2D eigenvalue weighted by atomic mass is 16.5. The third-order valence-corrected chi connectivity index (χ3v) is 4.32. The SMILES string of the molecule is COc1cc(OC)cc(C(=O)Nc2cccc3c2CCN(C)C3)c1. The fourth-order valence-electron chi connectivity index (χ4n) is 3.00. The Labute approximate surface area is 142 Å². The van der Waals surface area contributed by atoms with Crippen LogP contribution in [0.5, 0.6) is 11.5 Å². The fraction of sp³-hybridized carbons (Fsp3) is 0.316. The maximum atomic E-state index is 12.7. The van der Waals surface area contributed by atoms with Crippen LogP contribution >= 0.6 is 0 Å². The summed E-state index contributed by atoms with van der Waals surface area (Å²) in [6.07, 6.45) is 0.934. The Morgan fingerprint density at radius 2 is 1.83 bits per heavy atom. The maximum Gasteiger partial charge on any atom is 0.255 e. The lowest BCUT2D eigenvalue weighted by molar-refractivity contribution is 0.102. The van der Waals surface area contributed by atoms with E-state index in [1.807, 2.05) is 12.1 Å². The molecule has 0 saturated carbocycles. The molecule has 1 aliphatic rings. The lowest BCUT2D eigenvalue weighted by atomic mass is 9.98. The summed E-state index contributed by atoms with van der Waals surface area (Å²) in [4.78, 5) is 14.9. The van der Waals surface area contributed by atoms with Crippen LogP contribution in [0.1, 0.15) is 21.5 Å². The average molecular weight is 326 g/mol. The van der Waals surface area contributed by atoms with Gasteiger partial charge in [0.2, 0.25) is 0 Å². The monoisotopic (exact) mass is 326 g/mol. The van der Waals surface area contributed by atoms with Crippen LogP contribution < -0.4 is 14.8 Å². The summed E-state index contributed by atoms with van der Waals surface area (Å²) in [6.45, 7) is 1.90. The number of rotatable bonds is 4. The van der Waals surface area contributed by atoms with Crippen LogP contribution in [0.25, 0.3) is 0 Å². The third-order valence-electron chi connectivity index (χ3n) is 4.32. The van der Waals surface area contributed by atoms with E-state index in [-0.39, 0.29) is 5.91 Å². The number of hydrogen-bond donors (Lipinski definition) is 1. The number of carbonyl (C=O) groups is 1. The van der Waals surface area contributed by atoms with E-state index in [0.717, 1.165) is 25.2 Å². The molecule has 5 nitrogen and oxygen atoms in total. The first-order valence-electron chi connectivity index (χ1n) is 7.94. The van der Waals surface area contributed by atoms with Crippen LogP contribution in [0, 0.1) is 0 Å². The first-order chi connectivity index (χ1) is 11.6. The molecule has 0 aromatic heterocycles.